The molecule has 2 atom stereocenters. The zero-order valence-corrected chi connectivity index (χ0v) is 12.0. The Morgan fingerprint density at radius 3 is 1.50 bits per heavy atom. The molecule has 2 unspecified atom stereocenters. The van der Waals surface area contributed by atoms with Crippen molar-refractivity contribution in [3.63, 3.8) is 0 Å². The highest BCUT2D eigenvalue weighted by atomic mass is 16.5. The highest BCUT2D eigenvalue weighted by Gasteiger charge is 2.25. The van der Waals surface area contributed by atoms with E-state index in [0.717, 1.165) is 0 Å². The van der Waals surface area contributed by atoms with Gasteiger partial charge in [0.1, 0.15) is 30.0 Å². The summed E-state index contributed by atoms with van der Waals surface area (Å²) in [6, 6.07) is 0. The number of rotatable bonds is 12. The number of ether oxygens (including phenoxy) is 2. The Morgan fingerprint density at radius 1 is 0.818 bits per heavy atom. The molecule has 0 saturated heterocycles. The second kappa shape index (κ2) is 12.2. The lowest BCUT2D eigenvalue weighted by Gasteiger charge is -2.22. The lowest BCUT2D eigenvalue weighted by atomic mass is 10.1. The minimum absolute atomic E-state index is 0.0546. The van der Waals surface area contributed by atoms with Crippen LogP contribution in [0.4, 0.5) is 0 Å². The molecule has 0 rings (SSSR count). The second-order valence-electron chi connectivity index (χ2n) is 4.46. The standard InChI is InChI=1S/C11H24N4O7/c12-9(14-19)1-3-21-5-7(16)11(18)8(17)6-22-4-2-10(13)15-20/h7-8,11,16-20H,1-6H2,(H2,12,14)(H2,13,15). The van der Waals surface area contributed by atoms with Gasteiger partial charge in [-0.3, -0.25) is 32.2 Å². The molecule has 0 aliphatic carbocycles. The van der Waals surface area contributed by atoms with E-state index in [-0.39, 0.29) is 50.9 Å². The first-order valence-corrected chi connectivity index (χ1v) is 6.57. The van der Waals surface area contributed by atoms with Crippen molar-refractivity contribution in [3.05, 3.63) is 0 Å². The second-order valence-corrected chi connectivity index (χ2v) is 4.46. The highest BCUT2D eigenvalue weighted by molar-refractivity contribution is 5.77. The van der Waals surface area contributed by atoms with Crippen LogP contribution in [-0.4, -0.2) is 82.1 Å². The van der Waals surface area contributed by atoms with E-state index in [9.17, 15) is 15.3 Å². The van der Waals surface area contributed by atoms with Gasteiger partial charge in [0.05, 0.1) is 26.4 Å². The van der Waals surface area contributed by atoms with Crippen molar-refractivity contribution >= 4 is 11.7 Å². The average molecular weight is 324 g/mol. The number of amidine groups is 2. The van der Waals surface area contributed by atoms with Crippen LogP contribution < -0.4 is 11.0 Å². The van der Waals surface area contributed by atoms with Crippen molar-refractivity contribution in [2.75, 3.05) is 26.4 Å². The molecule has 0 fully saturated rings. The lowest BCUT2D eigenvalue weighted by Crippen LogP contribution is -2.42. The molecule has 0 bridgehead atoms. The molecular weight excluding hydrogens is 300 g/mol. The molecule has 0 aromatic heterocycles. The minimum atomic E-state index is -1.48. The lowest BCUT2D eigenvalue weighted by molar-refractivity contribution is -0.107. The largest absolute Gasteiger partial charge is 0.388 e. The molecule has 0 radical (unpaired) electrons. The third-order valence-corrected chi connectivity index (χ3v) is 2.63. The van der Waals surface area contributed by atoms with Gasteiger partial charge in [-0.2, -0.15) is 0 Å². The summed E-state index contributed by atoms with van der Waals surface area (Å²) in [6.07, 6.45) is -3.95. The van der Waals surface area contributed by atoms with Crippen molar-refractivity contribution in [2.24, 2.45) is 0 Å². The van der Waals surface area contributed by atoms with Crippen molar-refractivity contribution in [1.82, 2.24) is 11.0 Å². The SMILES string of the molecule is N=C(CCOCC(O)C(O)C(O)COCCC(=N)NO)NO. The van der Waals surface area contributed by atoms with E-state index < -0.39 is 18.3 Å². The maximum absolute atomic E-state index is 9.65. The topological polar surface area (TPSA) is 191 Å². The predicted octanol–water partition coefficient (Wildman–Crippen LogP) is -2.21. The zero-order chi connectivity index (χ0) is 17.0. The van der Waals surface area contributed by atoms with Gasteiger partial charge in [0, 0.05) is 12.8 Å². The Balaban J connectivity index is 3.79. The fraction of sp³-hybridized carbons (Fsp3) is 0.818. The summed E-state index contributed by atoms with van der Waals surface area (Å²) in [7, 11) is 0. The smallest absolute Gasteiger partial charge is 0.120 e. The van der Waals surface area contributed by atoms with Crippen LogP contribution >= 0.6 is 0 Å². The normalized spacial score (nSPS) is 15.0. The van der Waals surface area contributed by atoms with Crippen LogP contribution in [0.2, 0.25) is 0 Å². The van der Waals surface area contributed by atoms with E-state index in [4.69, 9.17) is 30.7 Å². The third kappa shape index (κ3) is 9.57. The fourth-order valence-corrected chi connectivity index (χ4v) is 1.32. The molecule has 11 heteroatoms. The van der Waals surface area contributed by atoms with Gasteiger partial charge in [-0.15, -0.1) is 0 Å². The molecule has 0 amide bonds. The monoisotopic (exact) mass is 324 g/mol. The summed E-state index contributed by atoms with van der Waals surface area (Å²) >= 11 is 0. The van der Waals surface area contributed by atoms with Crippen molar-refractivity contribution in [1.29, 1.82) is 10.8 Å². The van der Waals surface area contributed by atoms with E-state index in [0.29, 0.717) is 0 Å². The molecule has 0 saturated carbocycles. The zero-order valence-electron chi connectivity index (χ0n) is 12.0. The Kier molecular flexibility index (Phi) is 11.5. The summed E-state index contributed by atoms with van der Waals surface area (Å²) in [4.78, 5) is 0. The molecule has 11 nitrogen and oxygen atoms in total. The molecule has 0 aliphatic rings. The number of hydrogen-bond acceptors (Lipinski definition) is 9. The molecule has 130 valence electrons. The van der Waals surface area contributed by atoms with Crippen molar-refractivity contribution < 1.29 is 35.2 Å². The summed E-state index contributed by atoms with van der Waals surface area (Å²) < 4.78 is 9.99. The first-order chi connectivity index (χ1) is 10.4. The van der Waals surface area contributed by atoms with Gasteiger partial charge >= 0.3 is 0 Å². The number of nitrogens with one attached hydrogen (secondary N) is 4. The summed E-state index contributed by atoms with van der Waals surface area (Å²) in [5.41, 5.74) is 3.27. The van der Waals surface area contributed by atoms with Gasteiger partial charge in [0.2, 0.25) is 0 Å². The molecule has 22 heavy (non-hydrogen) atoms. The highest BCUT2D eigenvalue weighted by Crippen LogP contribution is 2.03. The van der Waals surface area contributed by atoms with Crippen LogP contribution in [0.5, 0.6) is 0 Å². The van der Waals surface area contributed by atoms with Gasteiger partial charge in [-0.1, -0.05) is 0 Å². The minimum Gasteiger partial charge on any atom is -0.388 e. The number of hydroxylamine groups is 2. The van der Waals surface area contributed by atoms with Gasteiger partial charge in [-0.05, 0) is 0 Å². The Bertz CT molecular complexity index is 302. The Hall–Kier alpha value is -1.34. The summed E-state index contributed by atoms with van der Waals surface area (Å²) in [5, 5.41) is 59.7. The maximum atomic E-state index is 9.65. The van der Waals surface area contributed by atoms with Gasteiger partial charge in [0.25, 0.3) is 0 Å². The maximum Gasteiger partial charge on any atom is 0.120 e. The van der Waals surface area contributed by atoms with E-state index >= 15 is 0 Å². The quantitative estimate of drug-likeness (QED) is 0.0828. The molecule has 9 N–H and O–H groups in total. The fourth-order valence-electron chi connectivity index (χ4n) is 1.32. The van der Waals surface area contributed by atoms with Gasteiger partial charge in [0.15, 0.2) is 0 Å². The van der Waals surface area contributed by atoms with Crippen molar-refractivity contribution in [2.45, 2.75) is 31.2 Å². The molecule has 0 aromatic carbocycles. The van der Waals surface area contributed by atoms with E-state index in [1.54, 1.807) is 11.0 Å². The predicted molar refractivity (Wildman–Crippen MR) is 74.2 cm³/mol. The average Bonchev–Trinajstić information content (AvgIpc) is 2.53. The van der Waals surface area contributed by atoms with Crippen LogP contribution in [0, 0.1) is 10.8 Å². The summed E-state index contributed by atoms with van der Waals surface area (Å²) in [5.74, 6) is -0.294. The van der Waals surface area contributed by atoms with Gasteiger partial charge in [-0.25, -0.2) is 0 Å². The van der Waals surface area contributed by atoms with Crippen LogP contribution in [0.25, 0.3) is 0 Å². The van der Waals surface area contributed by atoms with Crippen LogP contribution in [0.15, 0.2) is 0 Å². The van der Waals surface area contributed by atoms with E-state index in [1.807, 2.05) is 0 Å². The molecular formula is C11H24N4O7. The Labute approximate surface area is 127 Å². The number of hydrogen-bond donors (Lipinski definition) is 9. The number of aliphatic hydroxyl groups is 3. The molecule has 0 aromatic rings. The molecule has 0 aliphatic heterocycles. The van der Waals surface area contributed by atoms with Crippen LogP contribution in [-0.2, 0) is 9.47 Å². The van der Waals surface area contributed by atoms with Crippen molar-refractivity contribution in [3.8, 4) is 0 Å². The Morgan fingerprint density at radius 2 is 1.18 bits per heavy atom. The molecule has 0 heterocycles. The van der Waals surface area contributed by atoms with Gasteiger partial charge < -0.3 is 24.8 Å². The first kappa shape index (κ1) is 20.7. The third-order valence-electron chi connectivity index (χ3n) is 2.63. The van der Waals surface area contributed by atoms with Crippen LogP contribution in [0.3, 0.4) is 0 Å². The molecule has 0 spiro atoms. The summed E-state index contributed by atoms with van der Waals surface area (Å²) in [6.45, 7) is -0.399. The van der Waals surface area contributed by atoms with E-state index in [2.05, 4.69) is 0 Å². The van der Waals surface area contributed by atoms with E-state index in [1.165, 1.54) is 0 Å². The number of aliphatic hydroxyl groups excluding tert-OH is 3. The first-order valence-electron chi connectivity index (χ1n) is 6.57. The van der Waals surface area contributed by atoms with Crippen LogP contribution in [0.1, 0.15) is 12.8 Å².